The van der Waals surface area contributed by atoms with Crippen molar-refractivity contribution in [2.45, 2.75) is 57.8 Å². The molecule has 1 aliphatic heterocycles. The van der Waals surface area contributed by atoms with E-state index in [1.807, 2.05) is 0 Å². The number of esters is 1. The second kappa shape index (κ2) is 5.36. The molecular formula is C13H23NO3. The highest BCUT2D eigenvalue weighted by molar-refractivity contribution is 5.76. The molecule has 0 aromatic heterocycles. The van der Waals surface area contributed by atoms with Crippen molar-refractivity contribution in [2.75, 3.05) is 6.54 Å². The molecule has 1 saturated heterocycles. The normalized spacial score (nSPS) is 42.4. The summed E-state index contributed by atoms with van der Waals surface area (Å²) in [6.07, 6.45) is 3.33. The van der Waals surface area contributed by atoms with Crippen LogP contribution in [0.5, 0.6) is 0 Å². The lowest BCUT2D eigenvalue weighted by molar-refractivity contribution is -0.154. The highest BCUT2D eigenvalue weighted by Gasteiger charge is 2.33. The van der Waals surface area contributed by atoms with E-state index in [2.05, 4.69) is 19.2 Å². The zero-order valence-corrected chi connectivity index (χ0v) is 10.7. The van der Waals surface area contributed by atoms with Crippen molar-refractivity contribution in [3.63, 3.8) is 0 Å². The van der Waals surface area contributed by atoms with Gasteiger partial charge in [0.25, 0.3) is 0 Å². The number of rotatable bonds is 2. The molecule has 1 saturated carbocycles. The number of hydrogen-bond donors (Lipinski definition) is 2. The van der Waals surface area contributed by atoms with Gasteiger partial charge in [0.1, 0.15) is 12.1 Å². The number of nitrogens with one attached hydrogen (secondary N) is 1. The van der Waals surface area contributed by atoms with Crippen LogP contribution in [0.3, 0.4) is 0 Å². The molecular weight excluding hydrogens is 218 g/mol. The van der Waals surface area contributed by atoms with E-state index >= 15 is 0 Å². The van der Waals surface area contributed by atoms with Gasteiger partial charge in [-0.25, -0.2) is 0 Å². The molecule has 0 radical (unpaired) electrons. The molecule has 1 heterocycles. The number of carbonyl (C=O) groups is 1. The zero-order chi connectivity index (χ0) is 12.4. The standard InChI is InChI=1S/C13H23NO3/c1-8-3-9(2)5-11(4-8)17-13(16)12-6-10(15)7-14-12/h8-12,14-15H,3-7H2,1-2H3/t8?,9?,10?,11?,12-/m0/s1. The molecule has 4 heteroatoms. The summed E-state index contributed by atoms with van der Waals surface area (Å²) < 4.78 is 5.55. The lowest BCUT2D eigenvalue weighted by Crippen LogP contribution is -2.37. The van der Waals surface area contributed by atoms with Crippen LogP contribution in [0.25, 0.3) is 0 Å². The third-order valence-electron chi connectivity index (χ3n) is 3.81. The topological polar surface area (TPSA) is 58.6 Å². The average Bonchev–Trinajstić information content (AvgIpc) is 2.63. The van der Waals surface area contributed by atoms with Gasteiger partial charge in [0.05, 0.1) is 6.10 Å². The van der Waals surface area contributed by atoms with Gasteiger partial charge in [-0.3, -0.25) is 4.79 Å². The Kier molecular flexibility index (Phi) is 4.05. The summed E-state index contributed by atoms with van der Waals surface area (Å²) in [4.78, 5) is 11.9. The van der Waals surface area contributed by atoms with E-state index in [0.717, 1.165) is 12.8 Å². The van der Waals surface area contributed by atoms with Crippen LogP contribution in [0.2, 0.25) is 0 Å². The van der Waals surface area contributed by atoms with Crippen LogP contribution in [0, 0.1) is 11.8 Å². The lowest BCUT2D eigenvalue weighted by Gasteiger charge is -2.31. The summed E-state index contributed by atoms with van der Waals surface area (Å²) in [5, 5.41) is 12.4. The number of β-amino-alcohol motifs (C(OH)–C–C–N with tert-alkyl or cyclic N) is 1. The summed E-state index contributed by atoms with van der Waals surface area (Å²) in [5.41, 5.74) is 0. The van der Waals surface area contributed by atoms with Gasteiger partial charge in [0.2, 0.25) is 0 Å². The molecule has 0 aromatic carbocycles. The Labute approximate surface area is 103 Å². The third kappa shape index (κ3) is 3.42. The lowest BCUT2D eigenvalue weighted by atomic mass is 9.82. The molecule has 0 bridgehead atoms. The minimum Gasteiger partial charge on any atom is -0.461 e. The quantitative estimate of drug-likeness (QED) is 0.710. The molecule has 0 aromatic rings. The zero-order valence-electron chi connectivity index (χ0n) is 10.7. The predicted molar refractivity (Wildman–Crippen MR) is 64.5 cm³/mol. The Hall–Kier alpha value is -0.610. The molecule has 17 heavy (non-hydrogen) atoms. The smallest absolute Gasteiger partial charge is 0.323 e. The molecule has 2 fully saturated rings. The predicted octanol–water partition coefficient (Wildman–Crippen LogP) is 1.08. The first-order chi connectivity index (χ1) is 8.04. The fourth-order valence-corrected chi connectivity index (χ4v) is 3.11. The molecule has 0 spiro atoms. The summed E-state index contributed by atoms with van der Waals surface area (Å²) in [7, 11) is 0. The van der Waals surface area contributed by atoms with Crippen LogP contribution in [-0.2, 0) is 9.53 Å². The molecule has 1 aliphatic carbocycles. The van der Waals surface area contributed by atoms with Crippen molar-refractivity contribution >= 4 is 5.97 Å². The number of aliphatic hydroxyl groups excluding tert-OH is 1. The van der Waals surface area contributed by atoms with Gasteiger partial charge in [-0.15, -0.1) is 0 Å². The van der Waals surface area contributed by atoms with Crippen molar-refractivity contribution in [1.29, 1.82) is 0 Å². The van der Waals surface area contributed by atoms with E-state index < -0.39 is 6.10 Å². The Morgan fingerprint density at radius 1 is 1.18 bits per heavy atom. The molecule has 2 aliphatic rings. The Bertz CT molecular complexity index is 272. The minimum absolute atomic E-state index is 0.0702. The fraction of sp³-hybridized carbons (Fsp3) is 0.923. The molecule has 4 nitrogen and oxygen atoms in total. The molecule has 0 amide bonds. The van der Waals surface area contributed by atoms with Gasteiger partial charge in [-0.1, -0.05) is 13.8 Å². The van der Waals surface area contributed by atoms with Gasteiger partial charge in [0, 0.05) is 13.0 Å². The van der Waals surface area contributed by atoms with Gasteiger partial charge in [0.15, 0.2) is 0 Å². The summed E-state index contributed by atoms with van der Waals surface area (Å²) >= 11 is 0. The minimum atomic E-state index is -0.406. The number of carbonyl (C=O) groups excluding carboxylic acids is 1. The Morgan fingerprint density at radius 2 is 1.82 bits per heavy atom. The van der Waals surface area contributed by atoms with Gasteiger partial charge in [-0.05, 0) is 31.1 Å². The first kappa shape index (κ1) is 12.8. The maximum atomic E-state index is 11.9. The molecule has 98 valence electrons. The Morgan fingerprint density at radius 3 is 2.35 bits per heavy atom. The molecule has 3 unspecified atom stereocenters. The fourth-order valence-electron chi connectivity index (χ4n) is 3.11. The van der Waals surface area contributed by atoms with Gasteiger partial charge in [-0.2, -0.15) is 0 Å². The monoisotopic (exact) mass is 241 g/mol. The van der Waals surface area contributed by atoms with Crippen LogP contribution in [-0.4, -0.2) is 35.9 Å². The van der Waals surface area contributed by atoms with E-state index in [-0.39, 0.29) is 18.1 Å². The van der Waals surface area contributed by atoms with E-state index in [4.69, 9.17) is 4.74 Å². The molecule has 2 N–H and O–H groups in total. The molecule has 4 atom stereocenters. The average molecular weight is 241 g/mol. The summed E-state index contributed by atoms with van der Waals surface area (Å²) in [6, 6.07) is -0.308. The van der Waals surface area contributed by atoms with Crippen molar-refractivity contribution in [1.82, 2.24) is 5.32 Å². The summed E-state index contributed by atoms with van der Waals surface area (Å²) in [5.74, 6) is 1.09. The van der Waals surface area contributed by atoms with Crippen LogP contribution < -0.4 is 5.32 Å². The second-order valence-electron chi connectivity index (χ2n) is 5.83. The number of hydrogen-bond acceptors (Lipinski definition) is 4. The van der Waals surface area contributed by atoms with E-state index in [9.17, 15) is 9.90 Å². The first-order valence-corrected chi connectivity index (χ1v) is 6.66. The van der Waals surface area contributed by atoms with Crippen molar-refractivity contribution in [3.8, 4) is 0 Å². The van der Waals surface area contributed by atoms with Crippen molar-refractivity contribution in [2.24, 2.45) is 11.8 Å². The van der Waals surface area contributed by atoms with Gasteiger partial charge < -0.3 is 15.2 Å². The number of aliphatic hydroxyl groups is 1. The highest BCUT2D eigenvalue weighted by Crippen LogP contribution is 2.30. The Balaban J connectivity index is 1.81. The van der Waals surface area contributed by atoms with Crippen LogP contribution in [0.4, 0.5) is 0 Å². The number of ether oxygens (including phenoxy) is 1. The largest absolute Gasteiger partial charge is 0.461 e. The van der Waals surface area contributed by atoms with Crippen molar-refractivity contribution in [3.05, 3.63) is 0 Å². The van der Waals surface area contributed by atoms with Crippen molar-refractivity contribution < 1.29 is 14.6 Å². The van der Waals surface area contributed by atoms with E-state index in [1.165, 1.54) is 6.42 Å². The van der Waals surface area contributed by atoms with Gasteiger partial charge >= 0.3 is 5.97 Å². The van der Waals surface area contributed by atoms with Crippen LogP contribution in [0.15, 0.2) is 0 Å². The highest BCUT2D eigenvalue weighted by atomic mass is 16.5. The van der Waals surface area contributed by atoms with Crippen LogP contribution in [0.1, 0.15) is 39.5 Å². The third-order valence-corrected chi connectivity index (χ3v) is 3.81. The van der Waals surface area contributed by atoms with E-state index in [0.29, 0.717) is 24.8 Å². The summed E-state index contributed by atoms with van der Waals surface area (Å²) in [6.45, 7) is 4.93. The molecule has 2 rings (SSSR count). The maximum Gasteiger partial charge on any atom is 0.323 e. The van der Waals surface area contributed by atoms with E-state index in [1.54, 1.807) is 0 Å². The first-order valence-electron chi connectivity index (χ1n) is 6.66. The SMILES string of the molecule is CC1CC(C)CC(OC(=O)[C@@H]2CC(O)CN2)C1. The maximum absolute atomic E-state index is 11.9. The van der Waals surface area contributed by atoms with Crippen LogP contribution >= 0.6 is 0 Å². The second-order valence-corrected chi connectivity index (χ2v) is 5.83.